The number of carbonyl (C=O) groups is 1. The summed E-state index contributed by atoms with van der Waals surface area (Å²) in [6.07, 6.45) is 0. The van der Waals surface area contributed by atoms with Gasteiger partial charge in [0, 0.05) is 5.69 Å². The molecule has 1 N–H and O–H groups in total. The standard InChI is InChI=1S/C6H9N3OS/c1-4-3-5(2)9(7-4)6(10)8-11/h3,11H,1-2H3,(H,8,10). The zero-order valence-electron chi connectivity index (χ0n) is 6.33. The molecule has 0 saturated heterocycles. The summed E-state index contributed by atoms with van der Waals surface area (Å²) in [5.74, 6) is 0. The monoisotopic (exact) mass is 171 g/mol. The van der Waals surface area contributed by atoms with E-state index >= 15 is 0 Å². The zero-order chi connectivity index (χ0) is 8.43. The second-order valence-electron chi connectivity index (χ2n) is 2.26. The first-order valence-electron chi connectivity index (χ1n) is 3.13. The highest BCUT2D eigenvalue weighted by Crippen LogP contribution is 2.00. The van der Waals surface area contributed by atoms with Crippen LogP contribution >= 0.6 is 12.8 Å². The minimum Gasteiger partial charge on any atom is -0.283 e. The molecule has 1 aromatic rings. The van der Waals surface area contributed by atoms with Crippen molar-refractivity contribution >= 4 is 18.8 Å². The van der Waals surface area contributed by atoms with Crippen molar-refractivity contribution in [3.8, 4) is 0 Å². The quantitative estimate of drug-likeness (QED) is 0.570. The molecule has 0 saturated carbocycles. The van der Waals surface area contributed by atoms with Gasteiger partial charge < -0.3 is 0 Å². The molecule has 1 amide bonds. The molecule has 11 heavy (non-hydrogen) atoms. The maximum Gasteiger partial charge on any atom is 0.352 e. The van der Waals surface area contributed by atoms with Crippen LogP contribution in [0.15, 0.2) is 6.07 Å². The third kappa shape index (κ3) is 1.54. The number of nitrogens with zero attached hydrogens (tertiary/aromatic N) is 2. The molecule has 0 spiro atoms. The summed E-state index contributed by atoms with van der Waals surface area (Å²) < 4.78 is 3.46. The van der Waals surface area contributed by atoms with Gasteiger partial charge in [-0.05, 0) is 19.9 Å². The predicted molar refractivity (Wildman–Crippen MR) is 44.6 cm³/mol. The van der Waals surface area contributed by atoms with Gasteiger partial charge in [0.05, 0.1) is 5.69 Å². The molecule has 60 valence electrons. The highest BCUT2D eigenvalue weighted by atomic mass is 32.1. The number of aromatic nitrogens is 2. The molecule has 1 heterocycles. The van der Waals surface area contributed by atoms with E-state index in [1.54, 1.807) is 0 Å². The van der Waals surface area contributed by atoms with Crippen LogP contribution in [0.1, 0.15) is 11.4 Å². The van der Waals surface area contributed by atoms with Gasteiger partial charge in [-0.1, -0.05) is 12.8 Å². The maximum absolute atomic E-state index is 11.0. The first-order chi connectivity index (χ1) is 5.15. The van der Waals surface area contributed by atoms with Crippen molar-refractivity contribution in [3.05, 3.63) is 17.5 Å². The minimum absolute atomic E-state index is 0.334. The number of rotatable bonds is 0. The Morgan fingerprint density at radius 1 is 1.73 bits per heavy atom. The third-order valence-corrected chi connectivity index (χ3v) is 1.49. The van der Waals surface area contributed by atoms with E-state index in [2.05, 4.69) is 22.6 Å². The predicted octanol–water partition coefficient (Wildman–Crippen LogP) is 0.902. The van der Waals surface area contributed by atoms with Gasteiger partial charge in [0.15, 0.2) is 0 Å². The van der Waals surface area contributed by atoms with Crippen LogP contribution in [0.25, 0.3) is 0 Å². The minimum atomic E-state index is -0.334. The van der Waals surface area contributed by atoms with Crippen LogP contribution in [-0.2, 0) is 0 Å². The Bertz CT molecular complexity index is 281. The zero-order valence-corrected chi connectivity index (χ0v) is 7.22. The molecule has 0 bridgehead atoms. The molecular formula is C6H9N3OS. The summed E-state index contributed by atoms with van der Waals surface area (Å²) in [6.45, 7) is 3.64. The summed E-state index contributed by atoms with van der Waals surface area (Å²) >= 11 is 3.62. The van der Waals surface area contributed by atoms with Crippen LogP contribution in [0, 0.1) is 13.8 Å². The lowest BCUT2D eigenvalue weighted by Crippen LogP contribution is -2.22. The van der Waals surface area contributed by atoms with Gasteiger partial charge in [-0.15, -0.1) is 0 Å². The molecule has 1 rings (SSSR count). The summed E-state index contributed by atoms with van der Waals surface area (Å²) in [4.78, 5) is 11.0. The van der Waals surface area contributed by atoms with Crippen LogP contribution < -0.4 is 4.72 Å². The number of aryl methyl sites for hydroxylation is 2. The van der Waals surface area contributed by atoms with Gasteiger partial charge in [-0.2, -0.15) is 9.78 Å². The SMILES string of the molecule is Cc1cc(C)n(C(=O)NS)n1. The van der Waals surface area contributed by atoms with Gasteiger partial charge >= 0.3 is 6.03 Å². The Morgan fingerprint density at radius 3 is 2.73 bits per heavy atom. The Labute approximate surface area is 70.1 Å². The van der Waals surface area contributed by atoms with Crippen molar-refractivity contribution in [2.45, 2.75) is 13.8 Å². The lowest BCUT2D eigenvalue weighted by molar-refractivity contribution is 0.245. The van der Waals surface area contributed by atoms with Crippen molar-refractivity contribution in [1.29, 1.82) is 0 Å². The second-order valence-corrected chi connectivity index (χ2v) is 2.48. The number of hydrogen-bond donors (Lipinski definition) is 2. The topological polar surface area (TPSA) is 46.9 Å². The average Bonchev–Trinajstić information content (AvgIpc) is 2.28. The number of carbonyl (C=O) groups excluding carboxylic acids is 1. The van der Waals surface area contributed by atoms with E-state index in [1.807, 2.05) is 19.9 Å². The molecule has 0 unspecified atom stereocenters. The van der Waals surface area contributed by atoms with Crippen molar-refractivity contribution in [1.82, 2.24) is 14.5 Å². The van der Waals surface area contributed by atoms with Crippen LogP contribution in [-0.4, -0.2) is 15.8 Å². The number of hydrogen-bond acceptors (Lipinski definition) is 3. The van der Waals surface area contributed by atoms with E-state index in [1.165, 1.54) is 4.68 Å². The lowest BCUT2D eigenvalue weighted by Gasteiger charge is -1.98. The molecule has 0 aromatic carbocycles. The third-order valence-electron chi connectivity index (χ3n) is 1.30. The van der Waals surface area contributed by atoms with E-state index in [-0.39, 0.29) is 6.03 Å². The molecule has 0 aliphatic carbocycles. The Hall–Kier alpha value is -0.970. The number of amides is 1. The van der Waals surface area contributed by atoms with Gasteiger partial charge in [0.1, 0.15) is 0 Å². The van der Waals surface area contributed by atoms with Gasteiger partial charge in [-0.25, -0.2) is 4.79 Å². The van der Waals surface area contributed by atoms with Gasteiger partial charge in [-0.3, -0.25) is 4.72 Å². The van der Waals surface area contributed by atoms with Gasteiger partial charge in [0.2, 0.25) is 0 Å². The van der Waals surface area contributed by atoms with Crippen molar-refractivity contribution in [2.24, 2.45) is 0 Å². The van der Waals surface area contributed by atoms with E-state index < -0.39 is 0 Å². The molecule has 0 atom stereocenters. The van der Waals surface area contributed by atoms with Crippen LogP contribution in [0.5, 0.6) is 0 Å². The fraction of sp³-hybridized carbons (Fsp3) is 0.333. The molecule has 0 fully saturated rings. The molecular weight excluding hydrogens is 162 g/mol. The van der Waals surface area contributed by atoms with Crippen molar-refractivity contribution in [3.63, 3.8) is 0 Å². The summed E-state index contributed by atoms with van der Waals surface area (Å²) in [7, 11) is 0. The normalized spacial score (nSPS) is 9.73. The molecule has 0 radical (unpaired) electrons. The molecule has 0 aliphatic heterocycles. The van der Waals surface area contributed by atoms with Crippen LogP contribution in [0.2, 0.25) is 0 Å². The van der Waals surface area contributed by atoms with Gasteiger partial charge in [0.25, 0.3) is 0 Å². The fourth-order valence-electron chi connectivity index (χ4n) is 0.882. The fourth-order valence-corrected chi connectivity index (χ4v) is 0.977. The Morgan fingerprint density at radius 2 is 2.36 bits per heavy atom. The maximum atomic E-state index is 11.0. The molecule has 5 heteroatoms. The van der Waals surface area contributed by atoms with E-state index in [0.717, 1.165) is 11.4 Å². The van der Waals surface area contributed by atoms with E-state index in [4.69, 9.17) is 0 Å². The Kier molecular flexibility index (Phi) is 2.19. The molecule has 4 nitrogen and oxygen atoms in total. The molecule has 1 aromatic heterocycles. The van der Waals surface area contributed by atoms with Crippen LogP contribution in [0.4, 0.5) is 4.79 Å². The smallest absolute Gasteiger partial charge is 0.283 e. The highest BCUT2D eigenvalue weighted by molar-refractivity contribution is 7.78. The van der Waals surface area contributed by atoms with E-state index in [9.17, 15) is 4.79 Å². The Balaban J connectivity index is 3.03. The van der Waals surface area contributed by atoms with Crippen LogP contribution in [0.3, 0.4) is 0 Å². The van der Waals surface area contributed by atoms with E-state index in [0.29, 0.717) is 0 Å². The molecule has 0 aliphatic rings. The van der Waals surface area contributed by atoms with Crippen molar-refractivity contribution in [2.75, 3.05) is 0 Å². The summed E-state index contributed by atoms with van der Waals surface area (Å²) in [6, 6.07) is 1.49. The van der Waals surface area contributed by atoms with Crippen molar-refractivity contribution < 1.29 is 4.79 Å². The number of nitrogens with one attached hydrogen (secondary N) is 1. The largest absolute Gasteiger partial charge is 0.352 e. The first kappa shape index (κ1) is 8.13. The average molecular weight is 171 g/mol. The first-order valence-corrected chi connectivity index (χ1v) is 3.57. The number of thiol groups is 1. The summed E-state index contributed by atoms with van der Waals surface area (Å²) in [5, 5.41) is 3.94. The second kappa shape index (κ2) is 2.96. The summed E-state index contributed by atoms with van der Waals surface area (Å²) in [5.41, 5.74) is 1.62. The lowest BCUT2D eigenvalue weighted by atomic mass is 10.4. The highest BCUT2D eigenvalue weighted by Gasteiger charge is 2.06.